The summed E-state index contributed by atoms with van der Waals surface area (Å²) in [5.41, 5.74) is -0.996. The highest BCUT2D eigenvalue weighted by molar-refractivity contribution is 5.82. The van der Waals surface area contributed by atoms with Gasteiger partial charge in [-0.2, -0.15) is 13.2 Å². The van der Waals surface area contributed by atoms with Gasteiger partial charge in [0.1, 0.15) is 0 Å². The zero-order chi connectivity index (χ0) is 16.3. The van der Waals surface area contributed by atoms with E-state index in [1.54, 1.807) is 6.07 Å². The Morgan fingerprint density at radius 1 is 0.909 bits per heavy atom. The van der Waals surface area contributed by atoms with Crippen LogP contribution in [0.3, 0.4) is 0 Å². The van der Waals surface area contributed by atoms with Gasteiger partial charge in [-0.25, -0.2) is 4.39 Å². The van der Waals surface area contributed by atoms with E-state index in [2.05, 4.69) is 0 Å². The zero-order valence-corrected chi connectivity index (χ0v) is 11.0. The van der Waals surface area contributed by atoms with E-state index < -0.39 is 22.5 Å². The lowest BCUT2D eigenvalue weighted by Gasteiger charge is -2.12. The zero-order valence-electron chi connectivity index (χ0n) is 11.0. The Bertz CT molecular complexity index is 707. The second-order valence-corrected chi connectivity index (χ2v) is 4.36. The monoisotopic (exact) mass is 311 g/mol. The van der Waals surface area contributed by atoms with Crippen molar-refractivity contribution in [3.05, 3.63) is 81.7 Å². The number of nitro benzene ring substituents is 1. The van der Waals surface area contributed by atoms with Gasteiger partial charge in [-0.3, -0.25) is 10.1 Å². The quantitative estimate of drug-likeness (QED) is 0.460. The summed E-state index contributed by atoms with van der Waals surface area (Å²) in [6, 6.07) is 11.4. The third kappa shape index (κ3) is 3.30. The predicted molar refractivity (Wildman–Crippen MR) is 72.7 cm³/mol. The topological polar surface area (TPSA) is 43.1 Å². The Balaban J connectivity index is 2.62. The maximum absolute atomic E-state index is 13.8. The number of hydrogen-bond acceptors (Lipinski definition) is 2. The van der Waals surface area contributed by atoms with Crippen LogP contribution >= 0.6 is 0 Å². The van der Waals surface area contributed by atoms with Crippen LogP contribution in [0.4, 0.5) is 23.2 Å². The molecule has 0 aliphatic carbocycles. The Morgan fingerprint density at radius 2 is 1.41 bits per heavy atom. The second kappa shape index (κ2) is 5.97. The van der Waals surface area contributed by atoms with Crippen molar-refractivity contribution in [2.75, 3.05) is 0 Å². The Hall–Kier alpha value is -2.70. The van der Waals surface area contributed by atoms with E-state index in [-0.39, 0.29) is 16.8 Å². The Kier molecular flexibility index (Phi) is 4.25. The highest BCUT2D eigenvalue weighted by atomic mass is 19.4. The standard InChI is InChI=1S/C15H9F4NO2/c16-14(15(17,18)19)13(10-4-2-1-3-5-10)11-6-8-12(9-7-11)20(21)22/h1-9H/b14-13-. The van der Waals surface area contributed by atoms with Gasteiger partial charge in [-0.05, 0) is 23.3 Å². The molecule has 3 nitrogen and oxygen atoms in total. The second-order valence-electron chi connectivity index (χ2n) is 4.36. The van der Waals surface area contributed by atoms with Crippen LogP contribution in [-0.2, 0) is 0 Å². The first-order valence-corrected chi connectivity index (χ1v) is 6.08. The first-order valence-electron chi connectivity index (χ1n) is 6.08. The molecule has 2 aromatic rings. The van der Waals surface area contributed by atoms with Crippen molar-refractivity contribution >= 4 is 11.3 Å². The van der Waals surface area contributed by atoms with Crippen LogP contribution in [0.15, 0.2) is 60.4 Å². The van der Waals surface area contributed by atoms with Crippen LogP contribution in [-0.4, -0.2) is 11.1 Å². The van der Waals surface area contributed by atoms with Gasteiger partial charge in [0.15, 0.2) is 0 Å². The van der Waals surface area contributed by atoms with E-state index in [1.165, 1.54) is 24.3 Å². The number of nitro groups is 1. The summed E-state index contributed by atoms with van der Waals surface area (Å²) in [5, 5.41) is 10.6. The van der Waals surface area contributed by atoms with E-state index in [0.29, 0.717) is 0 Å². The van der Waals surface area contributed by atoms with Crippen molar-refractivity contribution in [1.82, 2.24) is 0 Å². The molecule has 0 aliphatic heterocycles. The molecule has 0 aliphatic rings. The minimum atomic E-state index is -5.15. The molecule has 0 fully saturated rings. The molecule has 2 aromatic carbocycles. The Morgan fingerprint density at radius 3 is 1.86 bits per heavy atom. The van der Waals surface area contributed by atoms with Gasteiger partial charge in [-0.1, -0.05) is 30.3 Å². The number of hydrogen-bond donors (Lipinski definition) is 0. The lowest BCUT2D eigenvalue weighted by atomic mass is 9.96. The molecule has 7 heteroatoms. The molecule has 2 rings (SSSR count). The van der Waals surface area contributed by atoms with Crippen molar-refractivity contribution in [2.24, 2.45) is 0 Å². The molecule has 0 unspecified atom stereocenters. The number of halogens is 4. The van der Waals surface area contributed by atoms with Crippen molar-refractivity contribution in [2.45, 2.75) is 6.18 Å². The smallest absolute Gasteiger partial charge is 0.258 e. The molecule has 0 radical (unpaired) electrons. The number of non-ortho nitro benzene ring substituents is 1. The van der Waals surface area contributed by atoms with Gasteiger partial charge < -0.3 is 0 Å². The first-order chi connectivity index (χ1) is 10.3. The number of allylic oxidation sites excluding steroid dienone is 1. The summed E-state index contributed by atoms with van der Waals surface area (Å²) in [6.07, 6.45) is -5.15. The molecule has 0 bridgehead atoms. The van der Waals surface area contributed by atoms with Crippen molar-refractivity contribution in [3.8, 4) is 0 Å². The van der Waals surface area contributed by atoms with E-state index in [1.807, 2.05) is 0 Å². The first kappa shape index (κ1) is 15.7. The minimum absolute atomic E-state index is 0.0335. The van der Waals surface area contributed by atoms with Crippen LogP contribution in [0, 0.1) is 10.1 Å². The highest BCUT2D eigenvalue weighted by Gasteiger charge is 2.38. The number of rotatable bonds is 3. The predicted octanol–water partition coefficient (Wildman–Crippen LogP) is 4.89. The van der Waals surface area contributed by atoms with Crippen LogP contribution in [0.25, 0.3) is 5.57 Å². The molecule has 114 valence electrons. The highest BCUT2D eigenvalue weighted by Crippen LogP contribution is 2.37. The van der Waals surface area contributed by atoms with E-state index in [4.69, 9.17) is 0 Å². The third-order valence-electron chi connectivity index (χ3n) is 2.90. The fourth-order valence-corrected chi connectivity index (χ4v) is 1.92. The molecule has 0 saturated carbocycles. The largest absolute Gasteiger partial charge is 0.443 e. The molecule has 22 heavy (non-hydrogen) atoms. The van der Waals surface area contributed by atoms with Crippen molar-refractivity contribution < 1.29 is 22.5 Å². The SMILES string of the molecule is O=[N+]([O-])c1ccc(/C(=C(\F)C(F)(F)F)c2ccccc2)cc1. The molecule has 0 amide bonds. The maximum atomic E-state index is 13.8. The van der Waals surface area contributed by atoms with Crippen LogP contribution in [0.5, 0.6) is 0 Å². The molecule has 0 saturated heterocycles. The average molecular weight is 311 g/mol. The number of nitrogens with zero attached hydrogens (tertiary/aromatic N) is 1. The van der Waals surface area contributed by atoms with Gasteiger partial charge in [0.2, 0.25) is 5.83 Å². The van der Waals surface area contributed by atoms with Gasteiger partial charge in [0.25, 0.3) is 5.69 Å². The van der Waals surface area contributed by atoms with Gasteiger partial charge >= 0.3 is 6.18 Å². The Labute approximate surface area is 122 Å². The average Bonchev–Trinajstić information content (AvgIpc) is 2.48. The minimum Gasteiger partial charge on any atom is -0.258 e. The summed E-state index contributed by atoms with van der Waals surface area (Å²) in [4.78, 5) is 9.90. The number of alkyl halides is 3. The van der Waals surface area contributed by atoms with Gasteiger partial charge in [-0.15, -0.1) is 0 Å². The molecular formula is C15H9F4NO2. The van der Waals surface area contributed by atoms with Crippen molar-refractivity contribution in [1.29, 1.82) is 0 Å². The normalized spacial score (nSPS) is 12.7. The fourth-order valence-electron chi connectivity index (χ4n) is 1.92. The fraction of sp³-hybridized carbons (Fsp3) is 0.0667. The van der Waals surface area contributed by atoms with E-state index >= 15 is 0 Å². The van der Waals surface area contributed by atoms with Gasteiger partial charge in [0.05, 0.1) is 4.92 Å². The lowest BCUT2D eigenvalue weighted by Crippen LogP contribution is -2.11. The van der Waals surface area contributed by atoms with Crippen LogP contribution in [0.1, 0.15) is 11.1 Å². The van der Waals surface area contributed by atoms with Crippen LogP contribution in [0.2, 0.25) is 0 Å². The lowest BCUT2D eigenvalue weighted by molar-refractivity contribution is -0.384. The summed E-state index contributed by atoms with van der Waals surface area (Å²) in [6.45, 7) is 0. The van der Waals surface area contributed by atoms with Gasteiger partial charge in [0, 0.05) is 17.7 Å². The molecule has 0 heterocycles. The van der Waals surface area contributed by atoms with E-state index in [9.17, 15) is 27.7 Å². The maximum Gasteiger partial charge on any atom is 0.443 e. The van der Waals surface area contributed by atoms with Crippen LogP contribution < -0.4 is 0 Å². The summed E-state index contributed by atoms with van der Waals surface area (Å²) in [7, 11) is 0. The third-order valence-corrected chi connectivity index (χ3v) is 2.90. The molecule has 0 N–H and O–H groups in total. The molecule has 0 spiro atoms. The van der Waals surface area contributed by atoms with E-state index in [0.717, 1.165) is 24.3 Å². The van der Waals surface area contributed by atoms with Crippen molar-refractivity contribution in [3.63, 3.8) is 0 Å². The summed E-state index contributed by atoms with van der Waals surface area (Å²) in [5.74, 6) is -2.24. The number of benzene rings is 2. The molecular weight excluding hydrogens is 302 g/mol. The molecule has 0 aromatic heterocycles. The summed E-state index contributed by atoms with van der Waals surface area (Å²) < 4.78 is 52.0. The molecule has 0 atom stereocenters. The summed E-state index contributed by atoms with van der Waals surface area (Å²) >= 11 is 0.